The van der Waals surface area contributed by atoms with E-state index in [2.05, 4.69) is 9.68 Å². The maximum absolute atomic E-state index is 13.8. The smallest absolute Gasteiger partial charge is 0.452 e. The van der Waals surface area contributed by atoms with Crippen molar-refractivity contribution >= 4 is 10.0 Å². The van der Waals surface area contributed by atoms with E-state index in [1.54, 1.807) is 25.1 Å². The monoisotopic (exact) mass is 468 g/mol. The van der Waals surface area contributed by atoms with Crippen molar-refractivity contribution in [2.45, 2.75) is 62.7 Å². The van der Waals surface area contributed by atoms with Crippen LogP contribution in [0.25, 0.3) is 11.3 Å². The van der Waals surface area contributed by atoms with Gasteiger partial charge in [-0.05, 0) is 43.5 Å². The first-order valence-corrected chi connectivity index (χ1v) is 11.8. The van der Waals surface area contributed by atoms with Crippen LogP contribution in [-0.4, -0.2) is 23.9 Å². The summed E-state index contributed by atoms with van der Waals surface area (Å²) in [5.74, 6) is -0.710. The maximum atomic E-state index is 13.8. The Morgan fingerprint density at radius 2 is 1.88 bits per heavy atom. The molecule has 0 unspecified atom stereocenters. The average molecular weight is 468 g/mol. The number of hydrogen-bond acceptors (Lipinski definition) is 5. The first-order chi connectivity index (χ1) is 15.2. The molecule has 6 nitrogen and oxygen atoms in total. The van der Waals surface area contributed by atoms with E-state index in [0.717, 1.165) is 38.2 Å². The summed E-state index contributed by atoms with van der Waals surface area (Å²) in [6.07, 6.45) is 1.25. The Balaban J connectivity index is 1.73. The Labute approximate surface area is 184 Å². The van der Waals surface area contributed by atoms with Crippen LogP contribution >= 0.6 is 0 Å². The molecule has 0 N–H and O–H groups in total. The van der Waals surface area contributed by atoms with Crippen molar-refractivity contribution in [1.82, 2.24) is 9.46 Å². The molecule has 0 spiro atoms. The van der Waals surface area contributed by atoms with Crippen molar-refractivity contribution in [3.63, 3.8) is 0 Å². The van der Waals surface area contributed by atoms with Gasteiger partial charge in [-0.15, -0.1) is 0 Å². The largest absolute Gasteiger partial charge is 0.468 e. The van der Waals surface area contributed by atoms with E-state index in [0.29, 0.717) is 11.3 Å². The van der Waals surface area contributed by atoms with Crippen LogP contribution in [0.1, 0.15) is 49.2 Å². The van der Waals surface area contributed by atoms with Crippen LogP contribution in [0.15, 0.2) is 56.5 Å². The summed E-state index contributed by atoms with van der Waals surface area (Å²) in [5.41, 5.74) is 0.646. The van der Waals surface area contributed by atoms with Gasteiger partial charge in [-0.25, -0.2) is 8.42 Å². The summed E-state index contributed by atoms with van der Waals surface area (Å²) in [6, 6.07) is 8.48. The quantitative estimate of drug-likeness (QED) is 0.458. The number of furan rings is 1. The summed E-state index contributed by atoms with van der Waals surface area (Å²) >= 11 is 0. The van der Waals surface area contributed by atoms with Gasteiger partial charge in [0.1, 0.15) is 11.5 Å². The number of aryl methyl sites for hydroxylation is 1. The summed E-state index contributed by atoms with van der Waals surface area (Å²) in [7, 11) is -3.97. The van der Waals surface area contributed by atoms with Gasteiger partial charge in [0.2, 0.25) is 15.8 Å². The van der Waals surface area contributed by atoms with Crippen molar-refractivity contribution in [3.8, 4) is 11.3 Å². The van der Waals surface area contributed by atoms with Gasteiger partial charge in [-0.2, -0.15) is 17.5 Å². The van der Waals surface area contributed by atoms with E-state index in [9.17, 15) is 21.6 Å². The first-order valence-electron chi connectivity index (χ1n) is 10.4. The van der Waals surface area contributed by atoms with Gasteiger partial charge in [0.15, 0.2) is 0 Å². The number of sulfonamides is 1. The number of rotatable bonds is 6. The van der Waals surface area contributed by atoms with Crippen molar-refractivity contribution in [2.75, 3.05) is 0 Å². The molecule has 0 aliphatic heterocycles. The van der Waals surface area contributed by atoms with Crippen LogP contribution in [0.5, 0.6) is 0 Å². The van der Waals surface area contributed by atoms with Gasteiger partial charge in [0.25, 0.3) is 0 Å². The molecule has 2 aromatic heterocycles. The van der Waals surface area contributed by atoms with Gasteiger partial charge in [-0.1, -0.05) is 36.6 Å². The van der Waals surface area contributed by atoms with E-state index in [-0.39, 0.29) is 28.7 Å². The highest BCUT2D eigenvalue weighted by atomic mass is 32.2. The number of halogens is 3. The molecular weight excluding hydrogens is 445 g/mol. The highest BCUT2D eigenvalue weighted by molar-refractivity contribution is 7.89. The van der Waals surface area contributed by atoms with Crippen LogP contribution in [0.4, 0.5) is 13.2 Å². The number of benzene rings is 1. The van der Waals surface area contributed by atoms with Crippen molar-refractivity contribution in [3.05, 3.63) is 59.7 Å². The SMILES string of the molecule is Cc1ccc(-c2cc(C(F)(F)F)on2)cc1S(=O)(=O)N(Cc1ccco1)C1CCCCC1. The fraction of sp³-hybridized carbons (Fsp3) is 0.409. The third-order valence-corrected chi connectivity index (χ3v) is 7.77. The predicted octanol–water partition coefficient (Wildman–Crippen LogP) is 5.79. The van der Waals surface area contributed by atoms with E-state index < -0.39 is 22.0 Å². The zero-order valence-corrected chi connectivity index (χ0v) is 18.2. The van der Waals surface area contributed by atoms with Gasteiger partial charge in [-0.3, -0.25) is 0 Å². The lowest BCUT2D eigenvalue weighted by Gasteiger charge is -2.33. The van der Waals surface area contributed by atoms with Crippen LogP contribution in [0.2, 0.25) is 0 Å². The standard InChI is InChI=1S/C22H23F3N2O4S/c1-15-9-10-16(19-13-21(31-26-19)22(23,24)25)12-20(15)32(28,29)27(14-18-8-5-11-30-18)17-6-3-2-4-7-17/h5,8-13,17H,2-4,6-7,14H2,1H3. The van der Waals surface area contributed by atoms with Crippen LogP contribution < -0.4 is 0 Å². The summed E-state index contributed by atoms with van der Waals surface area (Å²) in [4.78, 5) is 0.0312. The zero-order valence-electron chi connectivity index (χ0n) is 17.4. The average Bonchev–Trinajstić information content (AvgIpc) is 3.45. The van der Waals surface area contributed by atoms with E-state index in [1.165, 1.54) is 22.7 Å². The molecule has 0 radical (unpaired) electrons. The molecule has 1 aromatic carbocycles. The minimum absolute atomic E-state index is 0.0312. The van der Waals surface area contributed by atoms with Crippen molar-refractivity contribution in [1.29, 1.82) is 0 Å². The molecule has 172 valence electrons. The lowest BCUT2D eigenvalue weighted by Crippen LogP contribution is -2.41. The molecule has 10 heteroatoms. The van der Waals surface area contributed by atoms with Gasteiger partial charge < -0.3 is 8.94 Å². The van der Waals surface area contributed by atoms with E-state index >= 15 is 0 Å². The highest BCUT2D eigenvalue weighted by Gasteiger charge is 2.37. The molecule has 4 rings (SSSR count). The molecular formula is C22H23F3N2O4S. The third kappa shape index (κ3) is 4.61. The Bertz CT molecular complexity index is 1160. The minimum atomic E-state index is -4.67. The molecule has 3 aromatic rings. The summed E-state index contributed by atoms with van der Waals surface area (Å²) in [5, 5.41) is 3.48. The van der Waals surface area contributed by atoms with Gasteiger partial charge >= 0.3 is 6.18 Å². The molecule has 0 atom stereocenters. The fourth-order valence-corrected chi connectivity index (χ4v) is 5.95. The van der Waals surface area contributed by atoms with Crippen molar-refractivity contribution in [2.24, 2.45) is 0 Å². The molecule has 2 heterocycles. The second kappa shape index (κ2) is 8.74. The van der Waals surface area contributed by atoms with Crippen LogP contribution in [-0.2, 0) is 22.7 Å². The molecule has 0 saturated heterocycles. The molecule has 1 aliphatic carbocycles. The second-order valence-electron chi connectivity index (χ2n) is 7.98. The summed E-state index contributed by atoms with van der Waals surface area (Å²) < 4.78 is 77.5. The molecule has 0 bridgehead atoms. The Morgan fingerprint density at radius 3 is 2.50 bits per heavy atom. The number of aromatic nitrogens is 1. The topological polar surface area (TPSA) is 76.6 Å². The molecule has 0 amide bonds. The van der Waals surface area contributed by atoms with E-state index in [1.807, 2.05) is 0 Å². The molecule has 32 heavy (non-hydrogen) atoms. The fourth-order valence-electron chi connectivity index (χ4n) is 4.04. The third-order valence-electron chi connectivity index (χ3n) is 5.73. The highest BCUT2D eigenvalue weighted by Crippen LogP contribution is 2.35. The molecule has 1 saturated carbocycles. The number of hydrogen-bond donors (Lipinski definition) is 0. The maximum Gasteiger partial charge on any atom is 0.452 e. The van der Waals surface area contributed by atoms with E-state index in [4.69, 9.17) is 4.42 Å². The second-order valence-corrected chi connectivity index (χ2v) is 9.83. The van der Waals surface area contributed by atoms with Gasteiger partial charge in [0, 0.05) is 17.7 Å². The lowest BCUT2D eigenvalue weighted by molar-refractivity contribution is -0.155. The molecule has 1 fully saturated rings. The Morgan fingerprint density at radius 1 is 1.12 bits per heavy atom. The predicted molar refractivity (Wildman–Crippen MR) is 110 cm³/mol. The van der Waals surface area contributed by atoms with Crippen LogP contribution in [0, 0.1) is 6.92 Å². The van der Waals surface area contributed by atoms with Crippen LogP contribution in [0.3, 0.4) is 0 Å². The normalized spacial score (nSPS) is 16.0. The Hall–Kier alpha value is -2.59. The lowest BCUT2D eigenvalue weighted by atomic mass is 9.95. The van der Waals surface area contributed by atoms with Gasteiger partial charge in [0.05, 0.1) is 17.7 Å². The Kier molecular flexibility index (Phi) is 6.17. The van der Waals surface area contributed by atoms with Crippen molar-refractivity contribution < 1.29 is 30.5 Å². The molecule has 1 aliphatic rings. The summed E-state index contributed by atoms with van der Waals surface area (Å²) in [6.45, 7) is 1.75. The first kappa shape index (κ1) is 22.6. The minimum Gasteiger partial charge on any atom is -0.468 e. The number of alkyl halides is 3. The zero-order chi connectivity index (χ0) is 22.9. The number of nitrogens with zero attached hydrogens (tertiary/aromatic N) is 2.